The summed E-state index contributed by atoms with van der Waals surface area (Å²) >= 11 is 4.86. The molecule has 0 aliphatic rings. The van der Waals surface area contributed by atoms with E-state index in [1.165, 1.54) is 0 Å². The molecule has 4 N–H and O–H groups in total. The molecule has 1 aromatic carbocycles. The van der Waals surface area contributed by atoms with Crippen molar-refractivity contribution in [3.63, 3.8) is 0 Å². The van der Waals surface area contributed by atoms with Crippen LogP contribution in [0.15, 0.2) is 24.3 Å². The van der Waals surface area contributed by atoms with Crippen molar-refractivity contribution in [2.45, 2.75) is 19.4 Å². The molecule has 0 radical (unpaired) electrons. The van der Waals surface area contributed by atoms with Crippen molar-refractivity contribution in [3.8, 4) is 0 Å². The number of aliphatic hydroxyl groups is 1. The van der Waals surface area contributed by atoms with Gasteiger partial charge in [0, 0.05) is 30.3 Å². The third-order valence-corrected chi connectivity index (χ3v) is 3.40. The van der Waals surface area contributed by atoms with E-state index in [1.54, 1.807) is 24.3 Å². The van der Waals surface area contributed by atoms with Crippen LogP contribution in [0.1, 0.15) is 18.9 Å². The lowest BCUT2D eigenvalue weighted by Gasteiger charge is -2.22. The average molecular weight is 295 g/mol. The van der Waals surface area contributed by atoms with Gasteiger partial charge in [-0.1, -0.05) is 12.2 Å². The van der Waals surface area contributed by atoms with Crippen LogP contribution in [-0.2, 0) is 4.79 Å². The van der Waals surface area contributed by atoms with Gasteiger partial charge in [0.15, 0.2) is 0 Å². The molecule has 1 aromatic rings. The van der Waals surface area contributed by atoms with Gasteiger partial charge in [0.25, 0.3) is 0 Å². The summed E-state index contributed by atoms with van der Waals surface area (Å²) in [7, 11) is 1.88. The molecule has 0 saturated carbocycles. The summed E-state index contributed by atoms with van der Waals surface area (Å²) < 4.78 is 0. The maximum atomic E-state index is 11.8. The molecule has 0 aromatic heterocycles. The number of likely N-dealkylation sites (N-methyl/N-ethyl adjacent to an activating group) is 1. The molecule has 1 unspecified atom stereocenters. The number of hydrogen-bond donors (Lipinski definition) is 3. The van der Waals surface area contributed by atoms with E-state index in [9.17, 15) is 4.79 Å². The highest BCUT2D eigenvalue weighted by Gasteiger charge is 2.10. The minimum atomic E-state index is -0.0648. The number of rotatable bonds is 7. The van der Waals surface area contributed by atoms with Crippen molar-refractivity contribution in [3.05, 3.63) is 29.8 Å². The van der Waals surface area contributed by atoms with E-state index in [0.717, 1.165) is 5.56 Å². The van der Waals surface area contributed by atoms with E-state index in [0.29, 0.717) is 23.6 Å². The number of nitrogens with two attached hydrogens (primary N) is 1. The quantitative estimate of drug-likeness (QED) is 0.653. The lowest BCUT2D eigenvalue weighted by Crippen LogP contribution is -2.34. The molecule has 1 rings (SSSR count). The number of nitrogens with zero attached hydrogens (tertiary/aromatic N) is 1. The van der Waals surface area contributed by atoms with Gasteiger partial charge < -0.3 is 21.1 Å². The minimum Gasteiger partial charge on any atom is -0.395 e. The number of anilines is 1. The molecule has 1 amide bonds. The highest BCUT2D eigenvalue weighted by molar-refractivity contribution is 7.80. The largest absolute Gasteiger partial charge is 0.395 e. The summed E-state index contributed by atoms with van der Waals surface area (Å²) in [5, 5.41) is 11.8. The van der Waals surface area contributed by atoms with E-state index in [4.69, 9.17) is 23.1 Å². The topological polar surface area (TPSA) is 78.6 Å². The molecule has 20 heavy (non-hydrogen) atoms. The highest BCUT2D eigenvalue weighted by atomic mass is 32.1. The van der Waals surface area contributed by atoms with Crippen molar-refractivity contribution in [1.29, 1.82) is 0 Å². The van der Waals surface area contributed by atoms with Crippen molar-refractivity contribution >= 4 is 28.8 Å². The number of aliphatic hydroxyl groups excluding tert-OH is 1. The molecule has 110 valence electrons. The molecule has 0 bridgehead atoms. The first-order valence-electron chi connectivity index (χ1n) is 6.45. The van der Waals surface area contributed by atoms with Crippen molar-refractivity contribution in [1.82, 2.24) is 4.90 Å². The second-order valence-electron chi connectivity index (χ2n) is 4.75. The number of nitrogens with one attached hydrogen (secondary N) is 1. The first kappa shape index (κ1) is 16.6. The van der Waals surface area contributed by atoms with Crippen LogP contribution in [-0.4, -0.2) is 47.1 Å². The predicted molar refractivity (Wildman–Crippen MR) is 84.8 cm³/mol. The van der Waals surface area contributed by atoms with Crippen LogP contribution in [0.4, 0.5) is 5.69 Å². The maximum absolute atomic E-state index is 11.8. The monoisotopic (exact) mass is 295 g/mol. The van der Waals surface area contributed by atoms with Gasteiger partial charge in [-0.3, -0.25) is 4.79 Å². The zero-order valence-electron chi connectivity index (χ0n) is 11.8. The van der Waals surface area contributed by atoms with E-state index < -0.39 is 0 Å². The zero-order valence-corrected chi connectivity index (χ0v) is 12.6. The predicted octanol–water partition coefficient (Wildman–Crippen LogP) is 0.962. The Balaban J connectivity index is 2.44. The van der Waals surface area contributed by atoms with E-state index in [2.05, 4.69) is 5.32 Å². The standard InChI is InChI=1S/C14H21N3O2S/c1-10(9-18)17(2)8-7-13(19)16-12-5-3-11(4-6-12)14(15)20/h3-6,10,18H,7-9H2,1-2H3,(H2,15,20)(H,16,19). The zero-order chi connectivity index (χ0) is 15.1. The molecule has 0 aliphatic carbocycles. The van der Waals surface area contributed by atoms with Gasteiger partial charge >= 0.3 is 0 Å². The van der Waals surface area contributed by atoms with Crippen molar-refractivity contribution < 1.29 is 9.90 Å². The van der Waals surface area contributed by atoms with Crippen LogP contribution in [0, 0.1) is 0 Å². The molecular formula is C14H21N3O2S. The minimum absolute atomic E-state index is 0.0488. The van der Waals surface area contributed by atoms with Gasteiger partial charge in [0.05, 0.1) is 6.61 Å². The average Bonchev–Trinajstić information content (AvgIpc) is 2.44. The van der Waals surface area contributed by atoms with Gasteiger partial charge in [-0.25, -0.2) is 0 Å². The fraction of sp³-hybridized carbons (Fsp3) is 0.429. The summed E-state index contributed by atoms with van der Waals surface area (Å²) in [5.41, 5.74) is 6.99. The molecule has 0 aliphatic heterocycles. The third kappa shape index (κ3) is 5.24. The Morgan fingerprint density at radius 1 is 1.45 bits per heavy atom. The van der Waals surface area contributed by atoms with Crippen LogP contribution in [0.5, 0.6) is 0 Å². The molecule has 0 saturated heterocycles. The molecule has 0 fully saturated rings. The van der Waals surface area contributed by atoms with Gasteiger partial charge in [-0.05, 0) is 38.2 Å². The number of thiocarbonyl (C=S) groups is 1. The number of hydrogen-bond acceptors (Lipinski definition) is 4. The summed E-state index contributed by atoms with van der Waals surface area (Å²) in [4.78, 5) is 14.1. The van der Waals surface area contributed by atoms with Crippen LogP contribution in [0.3, 0.4) is 0 Å². The lowest BCUT2D eigenvalue weighted by molar-refractivity contribution is -0.116. The lowest BCUT2D eigenvalue weighted by atomic mass is 10.2. The van der Waals surface area contributed by atoms with Gasteiger partial charge in [-0.15, -0.1) is 0 Å². The number of benzene rings is 1. The normalized spacial score (nSPS) is 12.2. The van der Waals surface area contributed by atoms with E-state index in [1.807, 2.05) is 18.9 Å². The second kappa shape index (κ2) is 7.94. The Morgan fingerprint density at radius 3 is 2.55 bits per heavy atom. The molecule has 0 spiro atoms. The van der Waals surface area contributed by atoms with E-state index >= 15 is 0 Å². The van der Waals surface area contributed by atoms with Crippen LogP contribution in [0.25, 0.3) is 0 Å². The Kier molecular flexibility index (Phi) is 6.57. The SMILES string of the molecule is CC(CO)N(C)CCC(=O)Nc1ccc(C(N)=S)cc1. The Morgan fingerprint density at radius 2 is 2.05 bits per heavy atom. The summed E-state index contributed by atoms with van der Waals surface area (Å²) in [6.45, 7) is 2.59. The molecule has 6 heteroatoms. The Labute approximate surface area is 124 Å². The fourth-order valence-corrected chi connectivity index (χ4v) is 1.72. The van der Waals surface area contributed by atoms with Gasteiger partial charge in [-0.2, -0.15) is 0 Å². The molecule has 0 heterocycles. The molecule has 5 nitrogen and oxygen atoms in total. The van der Waals surface area contributed by atoms with Gasteiger partial charge in [0.1, 0.15) is 4.99 Å². The number of carbonyl (C=O) groups is 1. The van der Waals surface area contributed by atoms with Crippen LogP contribution < -0.4 is 11.1 Å². The molecular weight excluding hydrogens is 274 g/mol. The van der Waals surface area contributed by atoms with E-state index in [-0.39, 0.29) is 18.6 Å². The summed E-state index contributed by atoms with van der Waals surface area (Å²) in [6.07, 6.45) is 0.373. The smallest absolute Gasteiger partial charge is 0.225 e. The maximum Gasteiger partial charge on any atom is 0.225 e. The molecule has 1 atom stereocenters. The summed E-state index contributed by atoms with van der Waals surface area (Å²) in [5.74, 6) is -0.0648. The second-order valence-corrected chi connectivity index (χ2v) is 5.19. The highest BCUT2D eigenvalue weighted by Crippen LogP contribution is 2.10. The number of amides is 1. The summed E-state index contributed by atoms with van der Waals surface area (Å²) in [6, 6.07) is 7.14. The Hall–Kier alpha value is -1.50. The van der Waals surface area contributed by atoms with Crippen LogP contribution >= 0.6 is 12.2 Å². The number of carbonyl (C=O) groups excluding carboxylic acids is 1. The first-order chi connectivity index (χ1) is 9.43. The fourth-order valence-electron chi connectivity index (χ4n) is 1.58. The van der Waals surface area contributed by atoms with Crippen LogP contribution in [0.2, 0.25) is 0 Å². The third-order valence-electron chi connectivity index (χ3n) is 3.16. The van der Waals surface area contributed by atoms with Gasteiger partial charge in [0.2, 0.25) is 5.91 Å². The Bertz CT molecular complexity index is 462. The van der Waals surface area contributed by atoms with Crippen molar-refractivity contribution in [2.75, 3.05) is 25.5 Å². The first-order valence-corrected chi connectivity index (χ1v) is 6.85. The van der Waals surface area contributed by atoms with Crippen molar-refractivity contribution in [2.24, 2.45) is 5.73 Å².